The van der Waals surface area contributed by atoms with Gasteiger partial charge < -0.3 is 4.74 Å². The van der Waals surface area contributed by atoms with E-state index in [9.17, 15) is 0 Å². The molecule has 1 heteroatoms. The monoisotopic (exact) mass is 101 g/mol. The predicted molar refractivity (Wildman–Crippen MR) is 29.2 cm³/mol. The third-order valence-corrected chi connectivity index (χ3v) is 1.13. The molecule has 0 saturated heterocycles. The Hall–Kier alpha value is -0.300. The van der Waals surface area contributed by atoms with E-state index in [1.807, 2.05) is 12.2 Å². The SMILES string of the molecule is [2H]C([2H])([2H])OC1CC=CC1. The highest BCUT2D eigenvalue weighted by atomic mass is 16.5. The summed E-state index contributed by atoms with van der Waals surface area (Å²) in [6.07, 6.45) is 5.23. The molecule has 1 rings (SSSR count). The van der Waals surface area contributed by atoms with Crippen molar-refractivity contribution in [3.8, 4) is 0 Å². The fraction of sp³-hybridized carbons (Fsp3) is 0.667. The number of hydrogen-bond donors (Lipinski definition) is 0. The highest BCUT2D eigenvalue weighted by Gasteiger charge is 2.05. The van der Waals surface area contributed by atoms with Gasteiger partial charge in [0.25, 0.3) is 0 Å². The lowest BCUT2D eigenvalue weighted by molar-refractivity contribution is 0.114. The van der Waals surface area contributed by atoms with E-state index in [0.29, 0.717) is 0 Å². The van der Waals surface area contributed by atoms with Crippen molar-refractivity contribution >= 4 is 0 Å². The Morgan fingerprint density at radius 3 is 3.00 bits per heavy atom. The van der Waals surface area contributed by atoms with Crippen LogP contribution < -0.4 is 0 Å². The third kappa shape index (κ3) is 1.03. The van der Waals surface area contributed by atoms with Crippen LogP contribution in [0.15, 0.2) is 12.2 Å². The minimum atomic E-state index is -2.23. The second kappa shape index (κ2) is 2.12. The lowest BCUT2D eigenvalue weighted by atomic mass is 10.3. The Bertz CT molecular complexity index is 130. The van der Waals surface area contributed by atoms with Crippen molar-refractivity contribution in [2.75, 3.05) is 7.04 Å². The van der Waals surface area contributed by atoms with Crippen LogP contribution in [0.4, 0.5) is 0 Å². The van der Waals surface area contributed by atoms with Gasteiger partial charge in [-0.1, -0.05) is 12.2 Å². The van der Waals surface area contributed by atoms with Crippen LogP contribution in [0.3, 0.4) is 0 Å². The minimum absolute atomic E-state index is 0.118. The maximum Gasteiger partial charge on any atom is 0.0640 e. The first kappa shape index (κ1) is 2.31. The van der Waals surface area contributed by atoms with Crippen molar-refractivity contribution in [3.63, 3.8) is 0 Å². The fourth-order valence-corrected chi connectivity index (χ4v) is 0.688. The molecule has 40 valence electrons. The van der Waals surface area contributed by atoms with Crippen molar-refractivity contribution in [3.05, 3.63) is 12.2 Å². The zero-order valence-electron chi connectivity index (χ0n) is 7.05. The van der Waals surface area contributed by atoms with Gasteiger partial charge in [0.2, 0.25) is 0 Å². The molecule has 1 aliphatic carbocycles. The van der Waals surface area contributed by atoms with Gasteiger partial charge in [-0.15, -0.1) is 0 Å². The Morgan fingerprint density at radius 2 is 2.43 bits per heavy atom. The molecular weight excluding hydrogens is 88.1 g/mol. The largest absolute Gasteiger partial charge is 0.381 e. The van der Waals surface area contributed by atoms with E-state index in [2.05, 4.69) is 0 Å². The maximum atomic E-state index is 6.78. The molecule has 0 aromatic rings. The van der Waals surface area contributed by atoms with Crippen molar-refractivity contribution in [1.82, 2.24) is 0 Å². The van der Waals surface area contributed by atoms with Gasteiger partial charge in [-0.3, -0.25) is 0 Å². The molecule has 1 aliphatic rings. The number of ether oxygens (including phenoxy) is 1. The van der Waals surface area contributed by atoms with E-state index < -0.39 is 7.04 Å². The molecule has 0 saturated carbocycles. The quantitative estimate of drug-likeness (QED) is 0.453. The summed E-state index contributed by atoms with van der Waals surface area (Å²) in [5.74, 6) is 0. The molecule has 0 amide bonds. The fourth-order valence-electron chi connectivity index (χ4n) is 0.688. The van der Waals surface area contributed by atoms with Crippen molar-refractivity contribution in [2.24, 2.45) is 0 Å². The number of rotatable bonds is 1. The van der Waals surface area contributed by atoms with Gasteiger partial charge in [0, 0.05) is 7.04 Å². The van der Waals surface area contributed by atoms with E-state index in [-0.39, 0.29) is 6.10 Å². The predicted octanol–water partition coefficient (Wildman–Crippen LogP) is 1.35. The van der Waals surface area contributed by atoms with Gasteiger partial charge in [0.05, 0.1) is 10.2 Å². The van der Waals surface area contributed by atoms with Crippen LogP contribution in [0.5, 0.6) is 0 Å². The Labute approximate surface area is 48.2 Å². The van der Waals surface area contributed by atoms with Crippen LogP contribution in [0.1, 0.15) is 17.0 Å². The molecule has 0 radical (unpaired) electrons. The Kier molecular flexibility index (Phi) is 0.702. The van der Waals surface area contributed by atoms with Crippen molar-refractivity contribution in [2.45, 2.75) is 18.9 Å². The zero-order valence-corrected chi connectivity index (χ0v) is 4.05. The van der Waals surface area contributed by atoms with Crippen LogP contribution in [0.25, 0.3) is 0 Å². The standard InChI is InChI=1S/C6H10O/c1-7-6-4-2-3-5-6/h2-3,6H,4-5H2,1H3/i1D3. The van der Waals surface area contributed by atoms with Crippen LogP contribution in [0, 0.1) is 0 Å². The summed E-state index contributed by atoms with van der Waals surface area (Å²) in [5, 5.41) is 0. The van der Waals surface area contributed by atoms with Gasteiger partial charge in [-0.05, 0) is 12.8 Å². The van der Waals surface area contributed by atoms with Gasteiger partial charge in [0.15, 0.2) is 0 Å². The highest BCUT2D eigenvalue weighted by molar-refractivity contribution is 4.94. The van der Waals surface area contributed by atoms with Gasteiger partial charge >= 0.3 is 0 Å². The van der Waals surface area contributed by atoms with Crippen LogP contribution >= 0.6 is 0 Å². The van der Waals surface area contributed by atoms with E-state index in [1.165, 1.54) is 0 Å². The molecule has 0 heterocycles. The van der Waals surface area contributed by atoms with E-state index in [1.54, 1.807) is 0 Å². The van der Waals surface area contributed by atoms with Gasteiger partial charge in [-0.25, -0.2) is 0 Å². The molecule has 0 N–H and O–H groups in total. The molecule has 0 atom stereocenters. The Morgan fingerprint density at radius 1 is 1.71 bits per heavy atom. The molecule has 0 aromatic carbocycles. The topological polar surface area (TPSA) is 9.23 Å². The lowest BCUT2D eigenvalue weighted by Crippen LogP contribution is -2.02. The molecule has 1 nitrogen and oxygen atoms in total. The molecule has 7 heavy (non-hydrogen) atoms. The average Bonchev–Trinajstić information content (AvgIpc) is 2.12. The van der Waals surface area contributed by atoms with Crippen molar-refractivity contribution < 1.29 is 8.85 Å². The van der Waals surface area contributed by atoms with Gasteiger partial charge in [-0.2, -0.15) is 0 Å². The summed E-state index contributed by atoms with van der Waals surface area (Å²) in [5.41, 5.74) is 0. The zero-order chi connectivity index (χ0) is 7.61. The summed E-state index contributed by atoms with van der Waals surface area (Å²) < 4.78 is 25.1. The lowest BCUT2D eigenvalue weighted by Gasteiger charge is -2.02. The second-order valence-electron chi connectivity index (χ2n) is 1.68. The van der Waals surface area contributed by atoms with E-state index in [4.69, 9.17) is 8.85 Å². The number of methoxy groups -OCH3 is 1. The molecule has 0 aromatic heterocycles. The smallest absolute Gasteiger partial charge is 0.0640 e. The molecule has 0 fully saturated rings. The third-order valence-electron chi connectivity index (χ3n) is 1.13. The highest BCUT2D eigenvalue weighted by Crippen LogP contribution is 2.11. The van der Waals surface area contributed by atoms with Crippen molar-refractivity contribution in [1.29, 1.82) is 0 Å². The first-order valence-corrected chi connectivity index (χ1v) is 2.41. The molecular formula is C6H10O. The first-order chi connectivity index (χ1) is 4.58. The van der Waals surface area contributed by atoms with E-state index in [0.717, 1.165) is 12.8 Å². The summed E-state index contributed by atoms with van der Waals surface area (Å²) in [4.78, 5) is 0. The summed E-state index contributed by atoms with van der Waals surface area (Å²) in [7, 11) is -2.23. The summed E-state index contributed by atoms with van der Waals surface area (Å²) >= 11 is 0. The first-order valence-electron chi connectivity index (χ1n) is 3.91. The minimum Gasteiger partial charge on any atom is -0.381 e. The summed E-state index contributed by atoms with van der Waals surface area (Å²) in [6, 6.07) is 0. The second-order valence-corrected chi connectivity index (χ2v) is 1.68. The molecule has 0 unspecified atom stereocenters. The number of hydrogen-bond acceptors (Lipinski definition) is 1. The van der Waals surface area contributed by atoms with Gasteiger partial charge in [0.1, 0.15) is 0 Å². The molecule has 0 bridgehead atoms. The normalized spacial score (nSPS) is 29.4. The average molecular weight is 101 g/mol. The van der Waals surface area contributed by atoms with Crippen LogP contribution in [-0.2, 0) is 4.74 Å². The van der Waals surface area contributed by atoms with Crippen LogP contribution in [0.2, 0.25) is 0 Å². The Balaban J connectivity index is 2.26. The van der Waals surface area contributed by atoms with E-state index >= 15 is 0 Å². The molecule has 0 spiro atoms. The van der Waals surface area contributed by atoms with Crippen LogP contribution in [-0.4, -0.2) is 13.1 Å². The maximum absolute atomic E-state index is 6.78. The molecule has 0 aliphatic heterocycles. The summed E-state index contributed by atoms with van der Waals surface area (Å²) in [6.45, 7) is 0.